The van der Waals surface area contributed by atoms with Gasteiger partial charge in [-0.05, 0) is 50.1 Å². The van der Waals surface area contributed by atoms with E-state index in [4.69, 9.17) is 11.6 Å². The van der Waals surface area contributed by atoms with Gasteiger partial charge >= 0.3 is 0 Å². The van der Waals surface area contributed by atoms with Gasteiger partial charge in [0.05, 0.1) is 12.2 Å². The first-order chi connectivity index (χ1) is 15.2. The van der Waals surface area contributed by atoms with Crippen LogP contribution < -0.4 is 10.2 Å². The smallest absolute Gasteiger partial charge is 0.277 e. The highest BCUT2D eigenvalue weighted by molar-refractivity contribution is 6.30. The Balaban J connectivity index is 1.76. The Labute approximate surface area is 193 Å². The molecule has 1 unspecified atom stereocenters. The van der Waals surface area contributed by atoms with Crippen molar-refractivity contribution in [2.45, 2.75) is 76.4 Å². The number of nitrogens with one attached hydrogen (secondary N) is 1. The van der Waals surface area contributed by atoms with Crippen LogP contribution in [0.1, 0.15) is 69.1 Å². The quantitative estimate of drug-likeness (QED) is 0.706. The molecule has 8 heteroatoms. The molecule has 2 heterocycles. The van der Waals surface area contributed by atoms with Crippen molar-refractivity contribution in [2.75, 3.05) is 11.6 Å². The van der Waals surface area contributed by atoms with E-state index in [1.54, 1.807) is 55.8 Å². The van der Waals surface area contributed by atoms with Gasteiger partial charge < -0.3 is 5.32 Å². The molecule has 1 fully saturated rings. The number of alkyl halides is 1. The van der Waals surface area contributed by atoms with Gasteiger partial charge in [0.25, 0.3) is 5.91 Å². The van der Waals surface area contributed by atoms with Crippen molar-refractivity contribution < 1.29 is 14.0 Å². The molecule has 4 rings (SSSR count). The third-order valence-electron chi connectivity index (χ3n) is 6.70. The number of fused-ring (bicyclic) bond motifs is 1. The number of anilines is 1. The Hall–Kier alpha value is -2.41. The van der Waals surface area contributed by atoms with E-state index in [1.807, 2.05) is 0 Å². The number of hydrogen-bond donors (Lipinski definition) is 1. The highest BCUT2D eigenvalue weighted by Crippen LogP contribution is 2.35. The fourth-order valence-corrected chi connectivity index (χ4v) is 4.69. The van der Waals surface area contributed by atoms with Crippen LogP contribution in [0.25, 0.3) is 0 Å². The summed E-state index contributed by atoms with van der Waals surface area (Å²) in [4.78, 5) is 28.9. The molecule has 0 bridgehead atoms. The highest BCUT2D eigenvalue weighted by atomic mass is 35.5. The van der Waals surface area contributed by atoms with Crippen LogP contribution in [0.2, 0.25) is 5.02 Å². The van der Waals surface area contributed by atoms with Gasteiger partial charge in [-0.15, -0.1) is 0 Å². The molecule has 0 spiro atoms. The molecule has 1 atom stereocenters. The van der Waals surface area contributed by atoms with E-state index in [9.17, 15) is 14.0 Å². The number of halogens is 2. The molecular formula is C24H30ClFN4O2. The van der Waals surface area contributed by atoms with Crippen LogP contribution in [0.5, 0.6) is 0 Å². The second-order valence-electron chi connectivity index (χ2n) is 9.79. The summed E-state index contributed by atoms with van der Waals surface area (Å²) in [5.74, 6) is -0.548. The number of benzene rings is 1. The van der Waals surface area contributed by atoms with E-state index in [1.165, 1.54) is 11.3 Å². The average molecular weight is 461 g/mol. The molecule has 0 radical (unpaired) electrons. The first-order valence-electron chi connectivity index (χ1n) is 11.2. The number of nitrogens with zero attached hydrogens (tertiary/aromatic N) is 3. The Morgan fingerprint density at radius 3 is 2.53 bits per heavy atom. The van der Waals surface area contributed by atoms with Crippen molar-refractivity contribution in [3.8, 4) is 0 Å². The zero-order chi connectivity index (χ0) is 23.1. The third kappa shape index (κ3) is 4.03. The fourth-order valence-electron chi connectivity index (χ4n) is 4.56. The van der Waals surface area contributed by atoms with E-state index in [0.29, 0.717) is 22.1 Å². The zero-order valence-corrected chi connectivity index (χ0v) is 19.6. The minimum Gasteiger partial charge on any atom is -0.351 e. The Morgan fingerprint density at radius 2 is 1.91 bits per heavy atom. The maximum Gasteiger partial charge on any atom is 0.277 e. The molecule has 32 heavy (non-hydrogen) atoms. The molecule has 2 aromatic rings. The molecular weight excluding hydrogens is 431 g/mol. The molecule has 1 aliphatic heterocycles. The Morgan fingerprint density at radius 1 is 1.25 bits per heavy atom. The summed E-state index contributed by atoms with van der Waals surface area (Å²) in [6.07, 6.45) is 5.25. The normalized spacial score (nSPS) is 22.0. The van der Waals surface area contributed by atoms with Gasteiger partial charge in [-0.2, -0.15) is 5.10 Å². The summed E-state index contributed by atoms with van der Waals surface area (Å²) >= 11 is 6.07. The lowest BCUT2D eigenvalue weighted by atomic mass is 9.90. The lowest BCUT2D eigenvalue weighted by molar-refractivity contribution is -0.127. The van der Waals surface area contributed by atoms with E-state index in [0.717, 1.165) is 25.7 Å². The van der Waals surface area contributed by atoms with Crippen LogP contribution in [0.4, 0.5) is 10.1 Å². The topological polar surface area (TPSA) is 67.2 Å². The molecule has 172 valence electrons. The van der Waals surface area contributed by atoms with Crippen molar-refractivity contribution in [1.82, 2.24) is 15.1 Å². The van der Waals surface area contributed by atoms with Gasteiger partial charge in [0.1, 0.15) is 17.9 Å². The van der Waals surface area contributed by atoms with Gasteiger partial charge in [0.15, 0.2) is 0 Å². The number of hydrogen-bond acceptors (Lipinski definition) is 3. The molecule has 2 aliphatic rings. The zero-order valence-electron chi connectivity index (χ0n) is 18.8. The third-order valence-corrected chi connectivity index (χ3v) is 6.95. The molecule has 2 amide bonds. The van der Waals surface area contributed by atoms with Crippen LogP contribution in [0.15, 0.2) is 30.3 Å². The predicted octanol–water partition coefficient (Wildman–Crippen LogP) is 4.65. The number of carbonyl (C=O) groups is 2. The van der Waals surface area contributed by atoms with Crippen LogP contribution >= 0.6 is 11.6 Å². The number of rotatable bonds is 5. The molecule has 1 N–H and O–H groups in total. The molecule has 1 aromatic heterocycles. The van der Waals surface area contributed by atoms with Gasteiger partial charge in [-0.25, -0.2) is 0 Å². The summed E-state index contributed by atoms with van der Waals surface area (Å²) < 4.78 is 15.2. The highest BCUT2D eigenvalue weighted by Gasteiger charge is 2.49. The monoisotopic (exact) mass is 460 g/mol. The van der Waals surface area contributed by atoms with Gasteiger partial charge in [-0.3, -0.25) is 23.6 Å². The molecule has 1 aliphatic carbocycles. The average Bonchev–Trinajstić information content (AvgIpc) is 3.21. The summed E-state index contributed by atoms with van der Waals surface area (Å²) in [6.45, 7) is 4.84. The summed E-state index contributed by atoms with van der Waals surface area (Å²) in [6, 6.07) is 8.63. The standard InChI is InChI=1S/C24H30ClFN4O2/c1-23(2,14-26)20-13-19-21(31)30(18-11-9-16(25)10-12-18)24(3,15-29(19)28-20)22(32)27-17-7-5-4-6-8-17/h9-13,17H,4-8,14-15H2,1-3H3,(H,27,32). The Kier molecular flexibility index (Phi) is 6.05. The fraction of sp³-hybridized carbons (Fsp3) is 0.542. The maximum absolute atomic E-state index is 13.7. The van der Waals surface area contributed by atoms with E-state index < -0.39 is 17.6 Å². The number of amides is 2. The number of aromatic nitrogens is 2. The van der Waals surface area contributed by atoms with Gasteiger partial charge in [0.2, 0.25) is 5.91 Å². The lowest BCUT2D eigenvalue weighted by Crippen LogP contribution is -2.65. The lowest BCUT2D eigenvalue weighted by Gasteiger charge is -2.44. The first kappa shape index (κ1) is 22.8. The Bertz CT molecular complexity index is 1010. The SMILES string of the molecule is CC(C)(CF)c1cc2n(n1)CC(C)(C(=O)NC1CCCCC1)N(c1ccc(Cl)cc1)C2=O. The second kappa shape index (κ2) is 8.50. The maximum atomic E-state index is 13.7. The van der Waals surface area contributed by atoms with Crippen molar-refractivity contribution in [3.63, 3.8) is 0 Å². The van der Waals surface area contributed by atoms with Crippen molar-refractivity contribution in [3.05, 3.63) is 46.7 Å². The van der Waals surface area contributed by atoms with E-state index >= 15 is 0 Å². The molecule has 6 nitrogen and oxygen atoms in total. The van der Waals surface area contributed by atoms with E-state index in [-0.39, 0.29) is 24.4 Å². The summed E-state index contributed by atoms with van der Waals surface area (Å²) in [5.41, 5.74) is -0.593. The first-order valence-corrected chi connectivity index (χ1v) is 11.6. The predicted molar refractivity (Wildman–Crippen MR) is 123 cm³/mol. The van der Waals surface area contributed by atoms with Crippen LogP contribution in [-0.4, -0.2) is 39.9 Å². The molecule has 0 saturated heterocycles. The van der Waals surface area contributed by atoms with Crippen molar-refractivity contribution >= 4 is 29.1 Å². The van der Waals surface area contributed by atoms with Crippen LogP contribution in [0.3, 0.4) is 0 Å². The van der Waals surface area contributed by atoms with Crippen LogP contribution in [-0.2, 0) is 16.8 Å². The van der Waals surface area contributed by atoms with Gasteiger partial charge in [-0.1, -0.05) is 44.7 Å². The minimum absolute atomic E-state index is 0.107. The van der Waals surface area contributed by atoms with Crippen LogP contribution in [0, 0.1) is 0 Å². The van der Waals surface area contributed by atoms with Crippen molar-refractivity contribution in [2.24, 2.45) is 0 Å². The number of carbonyl (C=O) groups excluding carboxylic acids is 2. The van der Waals surface area contributed by atoms with Gasteiger partial charge in [0, 0.05) is 22.2 Å². The minimum atomic E-state index is -1.20. The molecule has 1 saturated carbocycles. The van der Waals surface area contributed by atoms with E-state index in [2.05, 4.69) is 10.4 Å². The summed E-state index contributed by atoms with van der Waals surface area (Å²) in [7, 11) is 0. The largest absolute Gasteiger partial charge is 0.351 e. The van der Waals surface area contributed by atoms with Crippen molar-refractivity contribution in [1.29, 1.82) is 0 Å². The molecule has 1 aromatic carbocycles. The summed E-state index contributed by atoms with van der Waals surface area (Å²) in [5, 5.41) is 8.26. The second-order valence-corrected chi connectivity index (χ2v) is 10.2.